The van der Waals surface area contributed by atoms with Gasteiger partial charge in [0.25, 0.3) is 0 Å². The van der Waals surface area contributed by atoms with Crippen molar-refractivity contribution in [2.75, 3.05) is 0 Å². The maximum atomic E-state index is 11.7. The van der Waals surface area contributed by atoms with Crippen molar-refractivity contribution in [1.29, 1.82) is 0 Å². The molecule has 0 bridgehead atoms. The van der Waals surface area contributed by atoms with Gasteiger partial charge in [-0.2, -0.15) is 0 Å². The normalized spacial score (nSPS) is 16.8. The molecule has 0 saturated heterocycles. The number of Topliss-reactive ketones (excluding diaryl/α,β-unsaturated/α-hetero) is 1. The first-order valence-corrected chi connectivity index (χ1v) is 4.85. The summed E-state index contributed by atoms with van der Waals surface area (Å²) < 4.78 is 5.14. The Hall–Kier alpha value is -1.81. The second-order valence-electron chi connectivity index (χ2n) is 3.38. The lowest BCUT2D eigenvalue weighted by molar-refractivity contribution is -0.132. The van der Waals surface area contributed by atoms with Crippen molar-refractivity contribution in [2.24, 2.45) is 0 Å². The number of ketones is 1. The third-order valence-corrected chi connectivity index (χ3v) is 2.52. The number of hydrogen-bond acceptors (Lipinski definition) is 3. The number of rotatable bonds is 1. The average molecular weight is 239 g/mol. The van der Waals surface area contributed by atoms with E-state index >= 15 is 0 Å². The quantitative estimate of drug-likeness (QED) is 0.761. The lowest BCUT2D eigenvalue weighted by atomic mass is 10.1. The van der Waals surface area contributed by atoms with Crippen LogP contribution in [-0.2, 0) is 4.79 Å². The van der Waals surface area contributed by atoms with Crippen LogP contribution in [0.2, 0.25) is 0 Å². The topological polar surface area (TPSA) is 63.6 Å². The van der Waals surface area contributed by atoms with Crippen LogP contribution in [0.3, 0.4) is 0 Å². The lowest BCUT2D eigenvalue weighted by Crippen LogP contribution is -2.07. The zero-order chi connectivity index (χ0) is 11.9. The molecule has 0 spiro atoms. The van der Waals surface area contributed by atoms with Crippen molar-refractivity contribution < 1.29 is 19.4 Å². The van der Waals surface area contributed by atoms with E-state index in [-0.39, 0.29) is 5.76 Å². The zero-order valence-corrected chi connectivity index (χ0v) is 9.04. The summed E-state index contributed by atoms with van der Waals surface area (Å²) >= 11 is 5.48. The zero-order valence-electron chi connectivity index (χ0n) is 8.28. The average Bonchev–Trinajstić information content (AvgIpc) is 2.54. The van der Waals surface area contributed by atoms with Crippen LogP contribution in [-0.4, -0.2) is 16.9 Å². The van der Waals surface area contributed by atoms with Crippen LogP contribution in [0.25, 0.3) is 0 Å². The van der Waals surface area contributed by atoms with Crippen LogP contribution in [0.1, 0.15) is 15.9 Å². The largest absolute Gasteiger partial charge is 0.477 e. The molecule has 1 aliphatic rings. The summed E-state index contributed by atoms with van der Waals surface area (Å²) in [6.45, 7) is 1.84. The van der Waals surface area contributed by atoms with Crippen molar-refractivity contribution in [2.45, 2.75) is 6.92 Å². The van der Waals surface area contributed by atoms with Gasteiger partial charge in [-0.1, -0.05) is 17.7 Å². The minimum absolute atomic E-state index is 0.324. The van der Waals surface area contributed by atoms with E-state index in [2.05, 4.69) is 0 Å². The molecular weight excluding hydrogens is 232 g/mol. The van der Waals surface area contributed by atoms with Gasteiger partial charge in [-0.15, -0.1) is 0 Å². The maximum absolute atomic E-state index is 11.7. The maximum Gasteiger partial charge on any atom is 0.351 e. The molecule has 0 aliphatic carbocycles. The van der Waals surface area contributed by atoms with Crippen LogP contribution < -0.4 is 4.74 Å². The van der Waals surface area contributed by atoms with Crippen LogP contribution in [0.5, 0.6) is 5.75 Å². The minimum Gasteiger partial charge on any atom is -0.477 e. The van der Waals surface area contributed by atoms with Crippen molar-refractivity contribution >= 4 is 23.4 Å². The van der Waals surface area contributed by atoms with Crippen LogP contribution in [0.15, 0.2) is 29.0 Å². The molecule has 0 atom stereocenters. The van der Waals surface area contributed by atoms with E-state index < -0.39 is 16.8 Å². The lowest BCUT2D eigenvalue weighted by Gasteiger charge is -1.99. The first-order valence-electron chi connectivity index (χ1n) is 4.47. The van der Waals surface area contributed by atoms with E-state index in [0.29, 0.717) is 11.3 Å². The Balaban J connectivity index is 2.53. The second-order valence-corrected chi connectivity index (χ2v) is 3.76. The number of allylic oxidation sites excluding steroid dienone is 1. The molecule has 0 aromatic heterocycles. The molecule has 0 fully saturated rings. The van der Waals surface area contributed by atoms with Gasteiger partial charge in [0.2, 0.25) is 11.5 Å². The fourth-order valence-electron chi connectivity index (χ4n) is 1.42. The van der Waals surface area contributed by atoms with Gasteiger partial charge in [-0.25, -0.2) is 4.79 Å². The number of carbonyl (C=O) groups excluding carboxylic acids is 1. The Bertz CT molecular complexity index is 531. The standard InChI is InChI=1S/C11H7ClO4/c1-5-2-3-6-7(4-5)16-10(9(6)13)8(12)11(14)15/h2-4H,1H3,(H,14,15)/b10-8+. The highest BCUT2D eigenvalue weighted by Crippen LogP contribution is 2.33. The van der Waals surface area contributed by atoms with Gasteiger partial charge in [-0.3, -0.25) is 4.79 Å². The third-order valence-electron chi connectivity index (χ3n) is 2.19. The first kappa shape index (κ1) is 10.7. The fraction of sp³-hybridized carbons (Fsp3) is 0.0909. The second kappa shape index (κ2) is 3.64. The van der Waals surface area contributed by atoms with Gasteiger partial charge < -0.3 is 9.84 Å². The van der Waals surface area contributed by atoms with Gasteiger partial charge in [0.1, 0.15) is 5.75 Å². The number of halogens is 1. The van der Waals surface area contributed by atoms with E-state index in [0.717, 1.165) is 5.56 Å². The smallest absolute Gasteiger partial charge is 0.351 e. The van der Waals surface area contributed by atoms with Gasteiger partial charge in [-0.05, 0) is 24.6 Å². The van der Waals surface area contributed by atoms with E-state index in [1.54, 1.807) is 18.2 Å². The molecule has 1 aliphatic heterocycles. The molecule has 1 N–H and O–H groups in total. The van der Waals surface area contributed by atoms with E-state index in [9.17, 15) is 9.59 Å². The fourth-order valence-corrected chi connectivity index (χ4v) is 1.55. The molecule has 2 rings (SSSR count). The van der Waals surface area contributed by atoms with Gasteiger partial charge >= 0.3 is 5.97 Å². The highest BCUT2D eigenvalue weighted by molar-refractivity contribution is 6.43. The molecule has 5 heteroatoms. The molecule has 16 heavy (non-hydrogen) atoms. The number of aliphatic carboxylic acids is 1. The Morgan fingerprint density at radius 2 is 2.12 bits per heavy atom. The SMILES string of the molecule is Cc1ccc2c(c1)O/C(=C(/Cl)C(=O)O)C2=O. The molecule has 1 heterocycles. The molecule has 0 saturated carbocycles. The van der Waals surface area contributed by atoms with E-state index in [4.69, 9.17) is 21.4 Å². The van der Waals surface area contributed by atoms with Crippen LogP contribution in [0, 0.1) is 6.92 Å². The number of hydrogen-bond donors (Lipinski definition) is 1. The number of ether oxygens (including phenoxy) is 1. The predicted octanol–water partition coefficient (Wildman–Crippen LogP) is 2.11. The number of carboxylic acids is 1. The monoisotopic (exact) mass is 238 g/mol. The minimum atomic E-state index is -1.38. The summed E-state index contributed by atoms with van der Waals surface area (Å²) in [6.07, 6.45) is 0. The van der Waals surface area contributed by atoms with Gasteiger partial charge in [0.15, 0.2) is 5.03 Å². The Morgan fingerprint density at radius 3 is 2.75 bits per heavy atom. The Kier molecular flexibility index (Phi) is 2.44. The molecule has 0 unspecified atom stereocenters. The first-order chi connectivity index (χ1) is 7.50. The Morgan fingerprint density at radius 1 is 1.44 bits per heavy atom. The van der Waals surface area contributed by atoms with Gasteiger partial charge in [0.05, 0.1) is 5.56 Å². The van der Waals surface area contributed by atoms with Crippen molar-refractivity contribution in [1.82, 2.24) is 0 Å². The highest BCUT2D eigenvalue weighted by atomic mass is 35.5. The molecular formula is C11H7ClO4. The van der Waals surface area contributed by atoms with Crippen molar-refractivity contribution in [3.63, 3.8) is 0 Å². The summed E-state index contributed by atoms with van der Waals surface area (Å²) in [6, 6.07) is 5.00. The summed E-state index contributed by atoms with van der Waals surface area (Å²) in [5.41, 5.74) is 1.25. The number of aryl methyl sites for hydroxylation is 1. The Labute approximate surface area is 96.1 Å². The summed E-state index contributed by atoms with van der Waals surface area (Å²) in [7, 11) is 0. The number of fused-ring (bicyclic) bond motifs is 1. The van der Waals surface area contributed by atoms with Crippen LogP contribution >= 0.6 is 11.6 Å². The van der Waals surface area contributed by atoms with E-state index in [1.165, 1.54) is 0 Å². The molecule has 0 amide bonds. The van der Waals surface area contributed by atoms with E-state index in [1.807, 2.05) is 6.92 Å². The predicted molar refractivity (Wildman–Crippen MR) is 56.7 cm³/mol. The summed E-state index contributed by atoms with van der Waals surface area (Å²) in [5.74, 6) is -1.86. The number of benzene rings is 1. The third kappa shape index (κ3) is 1.57. The summed E-state index contributed by atoms with van der Waals surface area (Å²) in [4.78, 5) is 22.4. The van der Waals surface area contributed by atoms with Gasteiger partial charge in [0, 0.05) is 0 Å². The molecule has 1 aromatic carbocycles. The number of carbonyl (C=O) groups is 2. The molecule has 1 aromatic rings. The van der Waals surface area contributed by atoms with Crippen molar-refractivity contribution in [3.8, 4) is 5.75 Å². The number of carboxylic acid groups (broad SMARTS) is 1. The molecule has 4 nitrogen and oxygen atoms in total. The van der Waals surface area contributed by atoms with Crippen molar-refractivity contribution in [3.05, 3.63) is 40.1 Å². The molecule has 0 radical (unpaired) electrons. The highest BCUT2D eigenvalue weighted by Gasteiger charge is 2.31. The molecule has 82 valence electrons. The summed E-state index contributed by atoms with van der Waals surface area (Å²) in [5, 5.41) is 8.07. The van der Waals surface area contributed by atoms with Crippen LogP contribution in [0.4, 0.5) is 0 Å².